The molecule has 0 spiro atoms. The fourth-order valence-corrected chi connectivity index (χ4v) is 3.95. The van der Waals surface area contributed by atoms with E-state index in [0.29, 0.717) is 36.9 Å². The summed E-state index contributed by atoms with van der Waals surface area (Å²) >= 11 is 0. The maximum atomic E-state index is 14.7. The molecule has 3 aliphatic heterocycles. The Labute approximate surface area is 157 Å². The molecule has 3 saturated heterocycles. The fourth-order valence-electron chi connectivity index (χ4n) is 3.95. The van der Waals surface area contributed by atoms with Gasteiger partial charge in [0.25, 0.3) is 0 Å². The number of halogens is 1. The Morgan fingerprint density at radius 1 is 1.11 bits per heavy atom. The molecular formula is C19H24FN3O4. The van der Waals surface area contributed by atoms with Crippen molar-refractivity contribution in [3.8, 4) is 0 Å². The van der Waals surface area contributed by atoms with Crippen molar-refractivity contribution in [2.75, 3.05) is 36.5 Å². The minimum atomic E-state index is -0.518. The molecule has 3 fully saturated rings. The van der Waals surface area contributed by atoms with Gasteiger partial charge in [-0.2, -0.15) is 0 Å². The third kappa shape index (κ3) is 4.06. The van der Waals surface area contributed by atoms with Gasteiger partial charge < -0.3 is 19.7 Å². The van der Waals surface area contributed by atoms with Crippen LogP contribution < -0.4 is 15.5 Å². The van der Waals surface area contributed by atoms with Gasteiger partial charge in [-0.3, -0.25) is 14.9 Å². The first-order valence-corrected chi connectivity index (χ1v) is 9.48. The van der Waals surface area contributed by atoms with Gasteiger partial charge in [0.05, 0.1) is 18.9 Å². The van der Waals surface area contributed by atoms with Crippen LogP contribution in [0.1, 0.15) is 25.7 Å². The molecule has 4 rings (SSSR count). The van der Waals surface area contributed by atoms with Crippen LogP contribution in [0, 0.1) is 11.7 Å². The Balaban J connectivity index is 1.36. The van der Waals surface area contributed by atoms with E-state index in [2.05, 4.69) is 10.6 Å². The van der Waals surface area contributed by atoms with Crippen molar-refractivity contribution in [2.24, 2.45) is 5.92 Å². The maximum absolute atomic E-state index is 14.7. The average Bonchev–Trinajstić information content (AvgIpc) is 3.19. The van der Waals surface area contributed by atoms with Crippen LogP contribution in [0.15, 0.2) is 18.2 Å². The maximum Gasteiger partial charge on any atom is 0.249 e. The molecule has 3 aliphatic rings. The van der Waals surface area contributed by atoms with Gasteiger partial charge in [0.2, 0.25) is 11.8 Å². The molecule has 2 N–H and O–H groups in total. The van der Waals surface area contributed by atoms with Gasteiger partial charge in [0, 0.05) is 31.1 Å². The number of rotatable bonds is 4. The molecule has 0 bridgehead atoms. The van der Waals surface area contributed by atoms with Crippen LogP contribution in [0.25, 0.3) is 0 Å². The molecule has 7 nitrogen and oxygen atoms in total. The highest BCUT2D eigenvalue weighted by Crippen LogP contribution is 2.31. The van der Waals surface area contributed by atoms with Crippen molar-refractivity contribution in [3.63, 3.8) is 0 Å². The van der Waals surface area contributed by atoms with E-state index in [-0.39, 0.29) is 30.3 Å². The van der Waals surface area contributed by atoms with Gasteiger partial charge in [-0.05, 0) is 37.5 Å². The minimum Gasteiger partial charge on any atom is -0.374 e. The highest BCUT2D eigenvalue weighted by atomic mass is 19.1. The number of anilines is 2. The Morgan fingerprint density at radius 2 is 1.85 bits per heavy atom. The average molecular weight is 377 g/mol. The summed E-state index contributed by atoms with van der Waals surface area (Å²) in [6, 6.07) is 4.41. The lowest BCUT2D eigenvalue weighted by molar-refractivity contribution is -0.133. The summed E-state index contributed by atoms with van der Waals surface area (Å²) in [6.45, 7) is 2.82. The summed E-state index contributed by atoms with van der Waals surface area (Å²) in [4.78, 5) is 25.1. The van der Waals surface area contributed by atoms with Crippen molar-refractivity contribution in [1.82, 2.24) is 5.32 Å². The molecule has 2 amide bonds. The third-order valence-electron chi connectivity index (χ3n) is 5.44. The lowest BCUT2D eigenvalue weighted by Gasteiger charge is -2.35. The smallest absolute Gasteiger partial charge is 0.249 e. The zero-order valence-corrected chi connectivity index (χ0v) is 15.1. The first-order valence-electron chi connectivity index (χ1n) is 9.48. The Kier molecular flexibility index (Phi) is 5.27. The number of nitrogens with one attached hydrogen (secondary N) is 2. The molecule has 1 aromatic carbocycles. The van der Waals surface area contributed by atoms with Crippen LogP contribution in [0.3, 0.4) is 0 Å². The molecule has 8 heteroatoms. The van der Waals surface area contributed by atoms with Crippen molar-refractivity contribution < 1.29 is 23.5 Å². The number of benzene rings is 1. The predicted molar refractivity (Wildman–Crippen MR) is 96.8 cm³/mol. The van der Waals surface area contributed by atoms with Gasteiger partial charge in [-0.15, -0.1) is 0 Å². The van der Waals surface area contributed by atoms with E-state index in [4.69, 9.17) is 9.47 Å². The highest BCUT2D eigenvalue weighted by Gasteiger charge is 2.31. The van der Waals surface area contributed by atoms with E-state index < -0.39 is 6.04 Å². The van der Waals surface area contributed by atoms with Crippen molar-refractivity contribution in [1.29, 1.82) is 0 Å². The molecule has 27 heavy (non-hydrogen) atoms. The summed E-state index contributed by atoms with van der Waals surface area (Å²) in [5, 5.41) is 5.30. The molecule has 1 aromatic rings. The molecule has 146 valence electrons. The van der Waals surface area contributed by atoms with Crippen molar-refractivity contribution >= 4 is 23.2 Å². The number of piperidine rings is 2. The van der Waals surface area contributed by atoms with Crippen molar-refractivity contribution in [2.45, 2.75) is 38.0 Å². The van der Waals surface area contributed by atoms with Crippen LogP contribution in [0.2, 0.25) is 0 Å². The second-order valence-electron chi connectivity index (χ2n) is 7.25. The number of hydrogen-bond acceptors (Lipinski definition) is 6. The largest absolute Gasteiger partial charge is 0.374 e. The summed E-state index contributed by atoms with van der Waals surface area (Å²) in [7, 11) is 0. The van der Waals surface area contributed by atoms with E-state index in [1.54, 1.807) is 12.1 Å². The van der Waals surface area contributed by atoms with Gasteiger partial charge >= 0.3 is 0 Å². The molecule has 0 aromatic heterocycles. The second-order valence-corrected chi connectivity index (χ2v) is 7.25. The van der Waals surface area contributed by atoms with Crippen LogP contribution in [-0.4, -0.2) is 50.4 Å². The third-order valence-corrected chi connectivity index (χ3v) is 5.44. The Morgan fingerprint density at radius 3 is 2.52 bits per heavy atom. The molecule has 0 unspecified atom stereocenters. The van der Waals surface area contributed by atoms with E-state index in [0.717, 1.165) is 25.9 Å². The van der Waals surface area contributed by atoms with E-state index in [9.17, 15) is 14.0 Å². The van der Waals surface area contributed by atoms with Gasteiger partial charge in [0.15, 0.2) is 6.29 Å². The molecule has 0 aliphatic carbocycles. The monoisotopic (exact) mass is 377 g/mol. The standard InChI is InChI=1S/C19H24FN3O4/c20-14-11-13(21-15-2-4-17(24)22-18(15)25)1-3-16(14)23-7-5-12(6-8-23)19-26-9-10-27-19/h1,3,11-12,15,19,21H,2,4-10H2,(H,22,24,25)/t15-/m1/s1. The van der Waals surface area contributed by atoms with E-state index in [1.807, 2.05) is 4.90 Å². The fraction of sp³-hybridized carbons (Fsp3) is 0.579. The van der Waals surface area contributed by atoms with Crippen LogP contribution in [0.4, 0.5) is 15.8 Å². The second kappa shape index (κ2) is 7.82. The number of carbonyl (C=O) groups excluding carboxylic acids is 2. The van der Waals surface area contributed by atoms with Crippen LogP contribution >= 0.6 is 0 Å². The Bertz CT molecular complexity index is 715. The zero-order valence-electron chi connectivity index (χ0n) is 15.1. The number of ether oxygens (including phenoxy) is 2. The van der Waals surface area contributed by atoms with Crippen molar-refractivity contribution in [3.05, 3.63) is 24.0 Å². The number of carbonyl (C=O) groups is 2. The number of nitrogens with zero attached hydrogens (tertiary/aromatic N) is 1. The Hall–Kier alpha value is -2.19. The van der Waals surface area contributed by atoms with E-state index >= 15 is 0 Å². The normalized spacial score (nSPS) is 24.9. The summed E-state index contributed by atoms with van der Waals surface area (Å²) < 4.78 is 25.8. The quantitative estimate of drug-likeness (QED) is 0.777. The van der Waals surface area contributed by atoms with E-state index in [1.165, 1.54) is 6.07 Å². The topological polar surface area (TPSA) is 79.9 Å². The summed E-state index contributed by atoms with van der Waals surface area (Å²) in [6.07, 6.45) is 2.39. The molecule has 3 heterocycles. The van der Waals surface area contributed by atoms with Gasteiger partial charge in [-0.25, -0.2) is 4.39 Å². The van der Waals surface area contributed by atoms with Crippen LogP contribution in [-0.2, 0) is 19.1 Å². The number of hydrogen-bond donors (Lipinski definition) is 2. The van der Waals surface area contributed by atoms with Crippen LogP contribution in [0.5, 0.6) is 0 Å². The summed E-state index contributed by atoms with van der Waals surface area (Å²) in [5.41, 5.74) is 1.10. The SMILES string of the molecule is O=C1CC[C@@H](Nc2ccc(N3CCC(C4OCCO4)CC3)c(F)c2)C(=O)N1. The minimum absolute atomic E-state index is 0.114. The predicted octanol–water partition coefficient (Wildman–Crippen LogP) is 1.63. The number of amides is 2. The first-order chi connectivity index (χ1) is 13.1. The summed E-state index contributed by atoms with van der Waals surface area (Å²) in [5.74, 6) is -0.593. The zero-order chi connectivity index (χ0) is 18.8. The molecule has 0 saturated carbocycles. The highest BCUT2D eigenvalue weighted by molar-refractivity contribution is 6.01. The molecular weight excluding hydrogens is 353 g/mol. The molecule has 1 atom stereocenters. The molecule has 0 radical (unpaired) electrons. The first kappa shape index (κ1) is 18.2. The number of imide groups is 1. The lowest BCUT2D eigenvalue weighted by Crippen LogP contribution is -2.47. The van der Waals surface area contributed by atoms with Gasteiger partial charge in [-0.1, -0.05) is 0 Å². The lowest BCUT2D eigenvalue weighted by atomic mass is 9.95. The van der Waals surface area contributed by atoms with Gasteiger partial charge in [0.1, 0.15) is 11.9 Å².